The van der Waals surface area contributed by atoms with Crippen molar-refractivity contribution in [2.45, 2.75) is 97.0 Å². The molecular formula is C36H46O3. The molecule has 0 aromatic heterocycles. The molecular weight excluding hydrogens is 480 g/mol. The van der Waals surface area contributed by atoms with Gasteiger partial charge in [-0.25, -0.2) is 4.79 Å². The van der Waals surface area contributed by atoms with Gasteiger partial charge in [-0.2, -0.15) is 0 Å². The highest BCUT2D eigenvalue weighted by atomic mass is 16.5. The Morgan fingerprint density at radius 1 is 0.744 bits per heavy atom. The summed E-state index contributed by atoms with van der Waals surface area (Å²) < 4.78 is 11.6. The number of hydrogen-bond acceptors (Lipinski definition) is 3. The van der Waals surface area contributed by atoms with E-state index in [4.69, 9.17) is 9.47 Å². The minimum Gasteiger partial charge on any atom is -0.491 e. The molecule has 3 aromatic rings. The Hall–Kier alpha value is -3.33. The van der Waals surface area contributed by atoms with Crippen LogP contribution in [-0.4, -0.2) is 12.1 Å². The smallest absolute Gasteiger partial charge is 0.343 e. The maximum absolute atomic E-state index is 12.6. The highest BCUT2D eigenvalue weighted by Gasteiger charge is 2.11. The van der Waals surface area contributed by atoms with Crippen molar-refractivity contribution in [2.24, 2.45) is 0 Å². The average molecular weight is 527 g/mol. The summed E-state index contributed by atoms with van der Waals surface area (Å²) in [6, 6.07) is 23.7. The first-order valence-corrected chi connectivity index (χ1v) is 14.9. The van der Waals surface area contributed by atoms with Crippen LogP contribution < -0.4 is 9.47 Å². The molecule has 0 aliphatic carbocycles. The summed E-state index contributed by atoms with van der Waals surface area (Å²) in [5.41, 5.74) is 4.16. The van der Waals surface area contributed by atoms with Crippen molar-refractivity contribution in [3.8, 4) is 22.6 Å². The van der Waals surface area contributed by atoms with E-state index in [1.165, 1.54) is 63.4 Å². The number of hydrogen-bond donors (Lipinski definition) is 0. The highest BCUT2D eigenvalue weighted by Crippen LogP contribution is 2.24. The van der Waals surface area contributed by atoms with Crippen molar-refractivity contribution in [1.82, 2.24) is 0 Å². The van der Waals surface area contributed by atoms with Gasteiger partial charge in [0.2, 0.25) is 0 Å². The van der Waals surface area contributed by atoms with Gasteiger partial charge in [-0.15, -0.1) is 6.58 Å². The summed E-state index contributed by atoms with van der Waals surface area (Å²) >= 11 is 0. The number of rotatable bonds is 18. The van der Waals surface area contributed by atoms with E-state index in [2.05, 4.69) is 44.7 Å². The Labute approximate surface area is 236 Å². The minimum absolute atomic E-state index is 0.164. The predicted octanol–water partition coefficient (Wildman–Crippen LogP) is 10.4. The molecule has 39 heavy (non-hydrogen) atoms. The molecule has 1 atom stereocenters. The molecule has 0 aliphatic rings. The van der Waals surface area contributed by atoms with E-state index in [0.29, 0.717) is 11.3 Å². The number of carbonyl (C=O) groups excluding carboxylic acids is 1. The topological polar surface area (TPSA) is 35.5 Å². The number of aryl methyl sites for hydroxylation is 1. The molecule has 3 rings (SSSR count). The van der Waals surface area contributed by atoms with E-state index in [1.807, 2.05) is 42.5 Å². The molecule has 0 bridgehead atoms. The predicted molar refractivity (Wildman–Crippen MR) is 164 cm³/mol. The first-order valence-electron chi connectivity index (χ1n) is 14.9. The van der Waals surface area contributed by atoms with Crippen LogP contribution in [0.5, 0.6) is 11.5 Å². The number of carbonyl (C=O) groups is 1. The molecule has 0 N–H and O–H groups in total. The third-order valence-electron chi connectivity index (χ3n) is 7.12. The number of esters is 1. The summed E-state index contributed by atoms with van der Waals surface area (Å²) in [4.78, 5) is 12.6. The van der Waals surface area contributed by atoms with Crippen LogP contribution in [0.15, 0.2) is 85.5 Å². The summed E-state index contributed by atoms with van der Waals surface area (Å²) in [5.74, 6) is 0.950. The molecule has 0 unspecified atom stereocenters. The first kappa shape index (κ1) is 30.2. The second-order valence-corrected chi connectivity index (χ2v) is 10.5. The fourth-order valence-corrected chi connectivity index (χ4v) is 4.71. The molecule has 0 aliphatic heterocycles. The molecule has 0 fully saturated rings. The molecule has 3 heteroatoms. The molecule has 0 amide bonds. The first-order chi connectivity index (χ1) is 19.1. The van der Waals surface area contributed by atoms with E-state index >= 15 is 0 Å². The van der Waals surface area contributed by atoms with Gasteiger partial charge in [0.05, 0.1) is 11.7 Å². The lowest BCUT2D eigenvalue weighted by molar-refractivity contribution is 0.0734. The standard InChI is InChI=1S/C36H46O3/c1-4-6-8-10-11-12-14-16-30-17-19-31(20-18-30)32-21-25-35(26-22-32)39-36(37)33-23-27-34(28-24-33)38-29(3)15-13-9-7-5-2/h4,17-29H,1,5-16H2,2-3H3/t29-/m0/s1. The molecule has 208 valence electrons. The Bertz CT molecular complexity index is 1100. The van der Waals surface area contributed by atoms with Crippen molar-refractivity contribution in [2.75, 3.05) is 0 Å². The largest absolute Gasteiger partial charge is 0.491 e. The Morgan fingerprint density at radius 2 is 1.33 bits per heavy atom. The van der Waals surface area contributed by atoms with Crippen LogP contribution in [0.1, 0.15) is 100 Å². The van der Waals surface area contributed by atoms with Crippen LogP contribution in [0.25, 0.3) is 11.1 Å². The van der Waals surface area contributed by atoms with E-state index < -0.39 is 0 Å². The normalized spacial score (nSPS) is 11.6. The Morgan fingerprint density at radius 3 is 2.00 bits per heavy atom. The fraction of sp³-hybridized carbons (Fsp3) is 0.417. The quantitative estimate of drug-likeness (QED) is 0.0715. The monoisotopic (exact) mass is 526 g/mol. The molecule has 0 saturated heterocycles. The van der Waals surface area contributed by atoms with Crippen LogP contribution in [0.2, 0.25) is 0 Å². The average Bonchev–Trinajstić information content (AvgIpc) is 2.96. The second kappa shape index (κ2) is 17.3. The fourth-order valence-electron chi connectivity index (χ4n) is 4.71. The Balaban J connectivity index is 1.43. The molecule has 0 heterocycles. The van der Waals surface area contributed by atoms with Gasteiger partial charge in [-0.05, 0) is 98.5 Å². The maximum atomic E-state index is 12.6. The van der Waals surface area contributed by atoms with Crippen molar-refractivity contribution in [3.05, 3.63) is 96.6 Å². The molecule has 0 radical (unpaired) electrons. The van der Waals surface area contributed by atoms with Gasteiger partial charge in [0.15, 0.2) is 0 Å². The molecule has 0 spiro atoms. The number of unbranched alkanes of at least 4 members (excludes halogenated alkanes) is 8. The second-order valence-electron chi connectivity index (χ2n) is 10.5. The zero-order chi connectivity index (χ0) is 27.7. The highest BCUT2D eigenvalue weighted by molar-refractivity contribution is 5.91. The van der Waals surface area contributed by atoms with Gasteiger partial charge in [0, 0.05) is 0 Å². The lowest BCUT2D eigenvalue weighted by atomic mass is 10.0. The number of benzene rings is 3. The zero-order valence-corrected chi connectivity index (χ0v) is 24.0. The van der Waals surface area contributed by atoms with Gasteiger partial charge in [-0.1, -0.05) is 87.9 Å². The van der Waals surface area contributed by atoms with Gasteiger partial charge in [0.1, 0.15) is 11.5 Å². The van der Waals surface area contributed by atoms with E-state index in [1.54, 1.807) is 12.1 Å². The summed E-state index contributed by atoms with van der Waals surface area (Å²) in [6.45, 7) is 8.10. The van der Waals surface area contributed by atoms with Gasteiger partial charge >= 0.3 is 5.97 Å². The van der Waals surface area contributed by atoms with Gasteiger partial charge in [-0.3, -0.25) is 0 Å². The molecule has 3 nitrogen and oxygen atoms in total. The SMILES string of the molecule is C=CCCCCCCCc1ccc(-c2ccc(OC(=O)c3ccc(O[C@@H](C)CCCCCC)cc3)cc2)cc1. The van der Waals surface area contributed by atoms with Crippen molar-refractivity contribution < 1.29 is 14.3 Å². The van der Waals surface area contributed by atoms with E-state index in [-0.39, 0.29) is 12.1 Å². The van der Waals surface area contributed by atoms with Crippen LogP contribution in [0.3, 0.4) is 0 Å². The summed E-state index contributed by atoms with van der Waals surface area (Å²) in [7, 11) is 0. The lowest BCUT2D eigenvalue weighted by Crippen LogP contribution is -2.12. The lowest BCUT2D eigenvalue weighted by Gasteiger charge is -2.14. The van der Waals surface area contributed by atoms with E-state index in [0.717, 1.165) is 36.1 Å². The summed E-state index contributed by atoms with van der Waals surface area (Å²) in [5, 5.41) is 0. The maximum Gasteiger partial charge on any atom is 0.343 e. The van der Waals surface area contributed by atoms with Crippen molar-refractivity contribution in [3.63, 3.8) is 0 Å². The van der Waals surface area contributed by atoms with Crippen LogP contribution in [-0.2, 0) is 6.42 Å². The third kappa shape index (κ3) is 11.1. The molecule has 3 aromatic carbocycles. The van der Waals surface area contributed by atoms with Crippen LogP contribution in [0, 0.1) is 0 Å². The van der Waals surface area contributed by atoms with Crippen LogP contribution >= 0.6 is 0 Å². The zero-order valence-electron chi connectivity index (χ0n) is 24.0. The molecule has 0 saturated carbocycles. The number of allylic oxidation sites excluding steroid dienone is 1. The van der Waals surface area contributed by atoms with Crippen LogP contribution in [0.4, 0.5) is 0 Å². The minimum atomic E-state index is -0.369. The van der Waals surface area contributed by atoms with Crippen molar-refractivity contribution >= 4 is 5.97 Å². The van der Waals surface area contributed by atoms with Gasteiger partial charge < -0.3 is 9.47 Å². The van der Waals surface area contributed by atoms with Crippen molar-refractivity contribution in [1.29, 1.82) is 0 Å². The Kier molecular flexibility index (Phi) is 13.4. The summed E-state index contributed by atoms with van der Waals surface area (Å²) in [6.07, 6.45) is 16.8. The third-order valence-corrected chi connectivity index (χ3v) is 7.12. The van der Waals surface area contributed by atoms with E-state index in [9.17, 15) is 4.79 Å². The van der Waals surface area contributed by atoms with Gasteiger partial charge in [0.25, 0.3) is 0 Å². The number of ether oxygens (including phenoxy) is 2.